The number of carbonyl (C=O) groups excluding carboxylic acids is 1. The van der Waals surface area contributed by atoms with E-state index in [1.165, 1.54) is 157 Å². The van der Waals surface area contributed by atoms with E-state index in [1.54, 1.807) is 0 Å². The van der Waals surface area contributed by atoms with Crippen molar-refractivity contribution in [3.05, 3.63) is 92.5 Å². The molecule has 87 heavy (non-hydrogen) atoms. The Hall–Kier alpha value is -0.857. The van der Waals surface area contributed by atoms with E-state index in [0.717, 1.165) is 84.3 Å². The van der Waals surface area contributed by atoms with E-state index in [9.17, 15) is 34.2 Å². The minimum Gasteiger partial charge on any atom is -0.780 e. The molecule has 2 aliphatic heterocycles. The van der Waals surface area contributed by atoms with Gasteiger partial charge >= 0.3 is 115 Å². The maximum Gasteiger partial charge on any atom is 1.00 e. The van der Waals surface area contributed by atoms with E-state index in [0.29, 0.717) is 12.2 Å². The second kappa shape index (κ2) is 45.5. The molecule has 0 fully saturated rings. The Kier molecular flexibility index (Phi) is 45.0. The first-order valence-electron chi connectivity index (χ1n) is 32.7. The summed E-state index contributed by atoms with van der Waals surface area (Å²) in [5.74, 6) is -0.507. The molecule has 0 aromatic heterocycles. The van der Waals surface area contributed by atoms with Gasteiger partial charge in [0.15, 0.2) is 11.9 Å². The van der Waals surface area contributed by atoms with Crippen LogP contribution < -0.4 is 117 Å². The normalized spacial score (nSPS) is 19.3. The Morgan fingerprint density at radius 3 is 1.83 bits per heavy atom. The van der Waals surface area contributed by atoms with Crippen LogP contribution in [0.25, 0.3) is 0 Å². The molecule has 1 aliphatic carbocycles. The van der Waals surface area contributed by atoms with Crippen LogP contribution in [0, 0.1) is 49.9 Å². The summed E-state index contributed by atoms with van der Waals surface area (Å²) < 4.78 is 25.0. The molecule has 0 radical (unpaired) electrons. The molecule has 1 unspecified atom stereocenters. The molecule has 1 aromatic carbocycles. The van der Waals surface area contributed by atoms with Gasteiger partial charge in [0.05, 0.1) is 12.5 Å². The fourth-order valence-electron chi connectivity index (χ4n) is 11.9. The number of phosphoric ester groups is 1. The van der Waals surface area contributed by atoms with Gasteiger partial charge in [-0.15, -0.1) is 0 Å². The molecule has 0 bridgehead atoms. The van der Waals surface area contributed by atoms with Crippen LogP contribution in [0.4, 0.5) is 0 Å². The molecule has 0 saturated carbocycles. The Balaban J connectivity index is 0.00000135. The van der Waals surface area contributed by atoms with Crippen LogP contribution in [0.1, 0.15) is 272 Å². The van der Waals surface area contributed by atoms with Crippen LogP contribution in [0.15, 0.2) is 70.3 Å². The Morgan fingerprint density at radius 2 is 1.30 bits per heavy atom. The number of unbranched alkanes of at least 4 members (excludes halogenated alkanes) is 11. The first kappa shape index (κ1) is 86.1. The molecule has 3 aliphatic rings. The summed E-state index contributed by atoms with van der Waals surface area (Å²) in [7, 11) is -5.51. The van der Waals surface area contributed by atoms with Crippen molar-refractivity contribution in [2.24, 2.45) is 29.1 Å². The van der Waals surface area contributed by atoms with Crippen molar-refractivity contribution in [1.82, 2.24) is 0 Å². The fraction of sp³-hybridized carbons (Fsp3) is 0.718. The second-order valence-electron chi connectivity index (χ2n) is 26.7. The molecule has 16 heteroatoms. The van der Waals surface area contributed by atoms with Gasteiger partial charge in [0, 0.05) is 5.56 Å². The van der Waals surface area contributed by atoms with Gasteiger partial charge in [0.1, 0.15) is 31.0 Å². The largest absolute Gasteiger partial charge is 1.00 e. The van der Waals surface area contributed by atoms with Crippen molar-refractivity contribution in [2.45, 2.75) is 295 Å². The summed E-state index contributed by atoms with van der Waals surface area (Å²) in [6.07, 6.45) is 44.4. The minimum absolute atomic E-state index is 0. The van der Waals surface area contributed by atoms with Gasteiger partial charge in [0.2, 0.25) is 5.76 Å². The minimum atomic E-state index is -5.51. The number of aliphatic hydroxyl groups is 3. The van der Waals surface area contributed by atoms with Crippen LogP contribution in [-0.2, 0) is 29.8 Å². The van der Waals surface area contributed by atoms with Gasteiger partial charge in [-0.2, -0.15) is 0 Å². The van der Waals surface area contributed by atoms with Gasteiger partial charge in [-0.1, -0.05) is 224 Å². The van der Waals surface area contributed by atoms with Crippen molar-refractivity contribution in [1.29, 1.82) is 0 Å². The number of benzene rings is 1. The monoisotopic (exact) mass is 1290 g/mol. The van der Waals surface area contributed by atoms with Gasteiger partial charge in [-0.05, 0) is 152 Å². The number of aliphatic hydroxyl groups excluding tert-OH is 3. The summed E-state index contributed by atoms with van der Waals surface area (Å²) in [4.78, 5) is 43.1. The van der Waals surface area contributed by atoms with Crippen LogP contribution in [0.2, 0.25) is 0 Å². The fourth-order valence-corrected chi connectivity index (χ4v) is 12.3. The summed E-state index contributed by atoms with van der Waals surface area (Å²) in [5.41, 5.74) is 9.87. The third-order valence-corrected chi connectivity index (χ3v) is 18.2. The Bertz CT molecular complexity index is 2430. The number of phosphoric acid groups is 1. The van der Waals surface area contributed by atoms with Crippen molar-refractivity contribution < 1.29 is 166 Å². The van der Waals surface area contributed by atoms with Crippen molar-refractivity contribution in [2.75, 3.05) is 6.61 Å². The van der Waals surface area contributed by atoms with Crippen LogP contribution >= 0.6 is 7.82 Å². The average Bonchev–Trinajstić information content (AvgIpc) is 1.43. The number of hydrogen-bond acceptors (Lipinski definition) is 12. The number of aromatic hydroxyl groups is 1. The third-order valence-electron chi connectivity index (χ3n) is 17.8. The molecule has 6 atom stereocenters. The van der Waals surface area contributed by atoms with Crippen LogP contribution in [0.3, 0.4) is 0 Å². The van der Waals surface area contributed by atoms with E-state index < -0.39 is 50.1 Å². The Labute approximate surface area is 613 Å². The third kappa shape index (κ3) is 34.2. The zero-order valence-corrected chi connectivity index (χ0v) is 64.5. The maximum atomic E-state index is 11.8. The first-order valence-corrected chi connectivity index (χ1v) is 34.2. The van der Waals surface area contributed by atoms with Crippen molar-refractivity contribution >= 4 is 19.8 Å². The molecule has 0 amide bonds. The number of carbonyl (C=O) groups is 2. The van der Waals surface area contributed by atoms with Crippen LogP contribution in [-0.4, -0.2) is 61.9 Å². The molecule has 5 N–H and O–H groups in total. The van der Waals surface area contributed by atoms with Crippen LogP contribution in [0.5, 0.6) is 11.5 Å². The topological polar surface area (TPSA) is 226 Å². The zero-order chi connectivity index (χ0) is 63.9. The quantitative estimate of drug-likeness (QED) is 0.0139. The number of ether oxygens (including phenoxy) is 2. The summed E-state index contributed by atoms with van der Waals surface area (Å²) >= 11 is 0. The molecule has 0 saturated heterocycles. The molecule has 2 heterocycles. The van der Waals surface area contributed by atoms with Gasteiger partial charge in [-0.25, -0.2) is 4.79 Å². The maximum absolute atomic E-state index is 11.8. The van der Waals surface area contributed by atoms with E-state index in [1.807, 2.05) is 13.8 Å². The number of rotatable bonds is 36. The molecule has 4 rings (SSSR count). The first-order chi connectivity index (χ1) is 40.0. The summed E-state index contributed by atoms with van der Waals surface area (Å²) in [5, 5.41) is 46.8. The van der Waals surface area contributed by atoms with E-state index in [2.05, 4.69) is 129 Å². The number of fused-ring (bicyclic) bond motifs is 1. The number of carboxylic acid groups (broad SMARTS) is 1. The number of allylic oxidation sites excluding steroid dienone is 10. The number of aliphatic carboxylic acids is 1. The number of phenols is 1. The van der Waals surface area contributed by atoms with Gasteiger partial charge < -0.3 is 53.9 Å². The smallest absolute Gasteiger partial charge is 0.780 e. The van der Waals surface area contributed by atoms with E-state index in [-0.39, 0.29) is 120 Å². The zero-order valence-electron chi connectivity index (χ0n) is 57.4. The van der Waals surface area contributed by atoms with E-state index in [4.69, 9.17) is 20.1 Å². The summed E-state index contributed by atoms with van der Waals surface area (Å²) in [6.45, 7) is 30.5. The molecule has 486 valence electrons. The Morgan fingerprint density at radius 1 is 0.747 bits per heavy atom. The number of carboxylic acids is 1. The van der Waals surface area contributed by atoms with E-state index >= 15 is 0 Å². The van der Waals surface area contributed by atoms with Gasteiger partial charge in [0.25, 0.3) is 0 Å². The molecule has 13 nitrogen and oxygen atoms in total. The molecular weight excluding hydrogens is 1170 g/mol. The predicted octanol–water partition coefficient (Wildman–Crippen LogP) is 11.4. The molecule has 0 spiro atoms. The molecule has 1 aromatic rings. The molecular formula is C71H117K2O13P. The van der Waals surface area contributed by atoms with Crippen molar-refractivity contribution in [3.8, 4) is 11.5 Å². The number of esters is 1. The average molecular weight is 1290 g/mol. The number of cyclic esters (lactones) is 1. The second-order valence-corrected chi connectivity index (χ2v) is 27.8. The summed E-state index contributed by atoms with van der Waals surface area (Å²) in [6, 6.07) is 0. The van der Waals surface area contributed by atoms with Gasteiger partial charge in [-0.3, -0.25) is 4.79 Å². The predicted molar refractivity (Wildman–Crippen MR) is 343 cm³/mol. The number of hydrogen-bond donors (Lipinski definition) is 5. The SMILES string of the molecule is CCCCCCCCCCCCCCC(CC=C(C)C=CC=C(C)C=CC1=C(C)CCCC1(C)C)C(=O)O.Cc1c(C)c2c(c(C)c1O)CC[C@@](C)(CCC[C@H](C)CCC[C@H](C)CCCC(C)C)O2.O=C1O[C@H]([C@@H](O)CO)C(OP(=O)([O-])[O-])=C1O.[K+].[K+]. The van der Waals surface area contributed by atoms with Crippen molar-refractivity contribution in [3.63, 3.8) is 0 Å². The number of phenolic OH excluding ortho intramolecular Hbond substituents is 1. The standard InChI is InChI=1S/C36H60O2.C29H50O2.C6H9O9P.2K/c1-7-8-9-10-11-12-13-14-15-16-17-18-24-33(35(37)38)27-25-30(2)21-19-22-31(3)26-28-34-32(4)23-20-29-36(34,5)6;1-20(2)12-9-13-21(3)14-10-15-22(4)16-11-18-29(8)19-17-26-25(7)27(30)23(5)24(6)28(26)31-29;7-1-2(8)4-5(15-16(11,12)13)3(9)6(10)14-4;;/h19,21-22,25-26,28,33H,7-18,20,23-24,27,29H2,1-6H3,(H,37,38);20-22,30H,9-19H2,1-8H3;2,4,7-9H,1H2,(H2,11,12,13);;/q;;;2*+1/p-2/t;21-,22-,29-;2-,4+;;/m.10../s1.